The van der Waals surface area contributed by atoms with Crippen LogP contribution in [0.5, 0.6) is 11.5 Å². The fraction of sp³-hybridized carbons (Fsp3) is 0.421. The lowest BCUT2D eigenvalue weighted by Crippen LogP contribution is -2.40. The Bertz CT molecular complexity index is 690. The quantitative estimate of drug-likeness (QED) is 0.867. The van der Waals surface area contributed by atoms with Gasteiger partial charge in [0.15, 0.2) is 6.61 Å². The second-order valence-corrected chi connectivity index (χ2v) is 6.23. The molecule has 1 aliphatic heterocycles. The lowest BCUT2D eigenvalue weighted by Gasteiger charge is -2.30. The molecular weight excluding hydrogens is 290 g/mol. The molecule has 1 saturated heterocycles. The van der Waals surface area contributed by atoms with Gasteiger partial charge in [-0.1, -0.05) is 19.1 Å². The highest BCUT2D eigenvalue weighted by Crippen LogP contribution is 2.25. The number of piperidine rings is 1. The number of nitrogens with zero attached hydrogens (tertiary/aromatic N) is 1. The third-order valence-corrected chi connectivity index (χ3v) is 4.52. The van der Waals surface area contributed by atoms with E-state index < -0.39 is 0 Å². The van der Waals surface area contributed by atoms with Gasteiger partial charge in [0.2, 0.25) is 0 Å². The predicted molar refractivity (Wildman–Crippen MR) is 91.0 cm³/mol. The predicted octanol–water partition coefficient (Wildman–Crippen LogP) is 3.49. The SMILES string of the molecule is COc1ccc2ccc(OCC(=O)N3CCC(C)CC3)cc2c1. The number of likely N-dealkylation sites (tertiary alicyclic amines) is 1. The number of hydrogen-bond donors (Lipinski definition) is 0. The summed E-state index contributed by atoms with van der Waals surface area (Å²) < 4.78 is 10.9. The molecule has 1 amide bonds. The zero-order valence-corrected chi connectivity index (χ0v) is 13.7. The number of benzene rings is 2. The van der Waals surface area contributed by atoms with E-state index in [0.29, 0.717) is 5.75 Å². The van der Waals surface area contributed by atoms with Crippen LogP contribution in [0.4, 0.5) is 0 Å². The zero-order chi connectivity index (χ0) is 16.2. The lowest BCUT2D eigenvalue weighted by atomic mass is 9.99. The van der Waals surface area contributed by atoms with Crippen LogP contribution in [0, 0.1) is 5.92 Å². The second-order valence-electron chi connectivity index (χ2n) is 6.23. The van der Waals surface area contributed by atoms with Crippen LogP contribution in [-0.2, 0) is 4.79 Å². The smallest absolute Gasteiger partial charge is 0.260 e. The average molecular weight is 313 g/mol. The van der Waals surface area contributed by atoms with Crippen molar-refractivity contribution in [2.75, 3.05) is 26.8 Å². The number of methoxy groups -OCH3 is 1. The summed E-state index contributed by atoms with van der Waals surface area (Å²) in [4.78, 5) is 14.1. The molecule has 23 heavy (non-hydrogen) atoms. The lowest BCUT2D eigenvalue weighted by molar-refractivity contribution is -0.134. The Kier molecular flexibility index (Phi) is 4.70. The van der Waals surface area contributed by atoms with Crippen molar-refractivity contribution in [2.45, 2.75) is 19.8 Å². The molecule has 0 atom stereocenters. The minimum absolute atomic E-state index is 0.0719. The number of carbonyl (C=O) groups is 1. The minimum atomic E-state index is 0.0719. The summed E-state index contributed by atoms with van der Waals surface area (Å²) in [6, 6.07) is 11.8. The zero-order valence-electron chi connectivity index (χ0n) is 13.7. The van der Waals surface area contributed by atoms with Crippen molar-refractivity contribution in [3.63, 3.8) is 0 Å². The molecule has 2 aromatic rings. The molecule has 3 rings (SSSR count). The molecule has 1 heterocycles. The highest BCUT2D eigenvalue weighted by atomic mass is 16.5. The third kappa shape index (κ3) is 3.76. The van der Waals surface area contributed by atoms with E-state index in [1.807, 2.05) is 41.3 Å². The number of rotatable bonds is 4. The molecule has 1 fully saturated rings. The maximum Gasteiger partial charge on any atom is 0.260 e. The van der Waals surface area contributed by atoms with Crippen LogP contribution < -0.4 is 9.47 Å². The van der Waals surface area contributed by atoms with E-state index in [4.69, 9.17) is 9.47 Å². The van der Waals surface area contributed by atoms with E-state index in [1.165, 1.54) is 0 Å². The minimum Gasteiger partial charge on any atom is -0.497 e. The number of amides is 1. The highest BCUT2D eigenvalue weighted by Gasteiger charge is 2.20. The third-order valence-electron chi connectivity index (χ3n) is 4.52. The molecule has 2 aromatic carbocycles. The van der Waals surface area contributed by atoms with Crippen molar-refractivity contribution >= 4 is 16.7 Å². The van der Waals surface area contributed by atoms with Crippen LogP contribution in [0.15, 0.2) is 36.4 Å². The van der Waals surface area contributed by atoms with E-state index >= 15 is 0 Å². The van der Waals surface area contributed by atoms with Gasteiger partial charge in [-0.2, -0.15) is 0 Å². The molecule has 0 spiro atoms. The first-order chi connectivity index (χ1) is 11.2. The summed E-state index contributed by atoms with van der Waals surface area (Å²) in [7, 11) is 1.65. The van der Waals surface area contributed by atoms with Crippen LogP contribution in [0.3, 0.4) is 0 Å². The van der Waals surface area contributed by atoms with Crippen LogP contribution in [0.2, 0.25) is 0 Å². The van der Waals surface area contributed by atoms with E-state index in [0.717, 1.165) is 48.4 Å². The standard InChI is InChI=1S/C19H23NO3/c1-14-7-9-20(10-8-14)19(21)13-23-18-6-4-15-3-5-17(22-2)11-16(15)12-18/h3-6,11-12,14H,7-10,13H2,1-2H3. The van der Waals surface area contributed by atoms with Crippen LogP contribution in [0.25, 0.3) is 10.8 Å². The number of carbonyl (C=O) groups excluding carboxylic acids is 1. The highest BCUT2D eigenvalue weighted by molar-refractivity contribution is 5.85. The summed E-state index contributed by atoms with van der Waals surface area (Å²) in [5, 5.41) is 2.16. The fourth-order valence-corrected chi connectivity index (χ4v) is 2.91. The fourth-order valence-electron chi connectivity index (χ4n) is 2.91. The Morgan fingerprint density at radius 3 is 2.43 bits per heavy atom. The van der Waals surface area contributed by atoms with E-state index in [2.05, 4.69) is 6.92 Å². The molecule has 122 valence electrons. The summed E-state index contributed by atoms with van der Waals surface area (Å²) in [6.07, 6.45) is 2.17. The van der Waals surface area contributed by atoms with Gasteiger partial charge >= 0.3 is 0 Å². The topological polar surface area (TPSA) is 38.8 Å². The van der Waals surface area contributed by atoms with Crippen LogP contribution >= 0.6 is 0 Å². The van der Waals surface area contributed by atoms with Crippen molar-refractivity contribution in [1.82, 2.24) is 4.90 Å². The summed E-state index contributed by atoms with van der Waals surface area (Å²) >= 11 is 0. The Hall–Kier alpha value is -2.23. The van der Waals surface area contributed by atoms with Crippen molar-refractivity contribution in [3.05, 3.63) is 36.4 Å². The van der Waals surface area contributed by atoms with Gasteiger partial charge in [-0.3, -0.25) is 4.79 Å². The maximum atomic E-state index is 12.2. The van der Waals surface area contributed by atoms with Gasteiger partial charge in [-0.25, -0.2) is 0 Å². The monoisotopic (exact) mass is 313 g/mol. The molecule has 0 aromatic heterocycles. The Balaban J connectivity index is 1.63. The molecule has 4 heteroatoms. The summed E-state index contributed by atoms with van der Waals surface area (Å²) in [5.74, 6) is 2.32. The first-order valence-corrected chi connectivity index (χ1v) is 8.14. The second kappa shape index (κ2) is 6.90. The summed E-state index contributed by atoms with van der Waals surface area (Å²) in [6.45, 7) is 4.03. The summed E-state index contributed by atoms with van der Waals surface area (Å²) in [5.41, 5.74) is 0. The van der Waals surface area contributed by atoms with E-state index in [1.54, 1.807) is 7.11 Å². The van der Waals surface area contributed by atoms with Gasteiger partial charge in [-0.15, -0.1) is 0 Å². The number of fused-ring (bicyclic) bond motifs is 1. The molecule has 0 bridgehead atoms. The van der Waals surface area contributed by atoms with Crippen molar-refractivity contribution in [1.29, 1.82) is 0 Å². The first kappa shape index (κ1) is 15.7. The Morgan fingerprint density at radius 1 is 1.09 bits per heavy atom. The van der Waals surface area contributed by atoms with Gasteiger partial charge in [0, 0.05) is 13.1 Å². The number of hydrogen-bond acceptors (Lipinski definition) is 3. The van der Waals surface area contributed by atoms with E-state index in [9.17, 15) is 4.79 Å². The largest absolute Gasteiger partial charge is 0.497 e. The molecule has 0 unspecified atom stereocenters. The Labute approximate surface area is 137 Å². The molecule has 0 radical (unpaired) electrons. The molecule has 0 aliphatic carbocycles. The molecule has 1 aliphatic rings. The normalized spacial score (nSPS) is 15.7. The van der Waals surface area contributed by atoms with Crippen molar-refractivity contribution in [2.24, 2.45) is 5.92 Å². The van der Waals surface area contributed by atoms with Gasteiger partial charge < -0.3 is 14.4 Å². The van der Waals surface area contributed by atoms with Crippen molar-refractivity contribution in [3.8, 4) is 11.5 Å². The molecule has 0 saturated carbocycles. The maximum absolute atomic E-state index is 12.2. The molecule has 4 nitrogen and oxygen atoms in total. The Morgan fingerprint density at radius 2 is 1.74 bits per heavy atom. The number of ether oxygens (including phenoxy) is 2. The van der Waals surface area contributed by atoms with Gasteiger partial charge in [0.05, 0.1) is 7.11 Å². The molecular formula is C19H23NO3. The van der Waals surface area contributed by atoms with Crippen molar-refractivity contribution < 1.29 is 14.3 Å². The average Bonchev–Trinajstić information content (AvgIpc) is 2.59. The first-order valence-electron chi connectivity index (χ1n) is 8.14. The van der Waals surface area contributed by atoms with Crippen LogP contribution in [0.1, 0.15) is 19.8 Å². The molecule has 0 N–H and O–H groups in total. The van der Waals surface area contributed by atoms with E-state index in [-0.39, 0.29) is 12.5 Å². The van der Waals surface area contributed by atoms with Crippen LogP contribution in [-0.4, -0.2) is 37.6 Å². The van der Waals surface area contributed by atoms with Gasteiger partial charge in [-0.05, 0) is 53.8 Å². The van der Waals surface area contributed by atoms with Gasteiger partial charge in [0.25, 0.3) is 5.91 Å². The van der Waals surface area contributed by atoms with Gasteiger partial charge in [0.1, 0.15) is 11.5 Å².